The zero-order valence-electron chi connectivity index (χ0n) is 18.2. The molecule has 3 aromatic carbocycles. The number of hydrogen-bond donors (Lipinski definition) is 0. The number of methoxy groups -OCH3 is 1. The van der Waals surface area contributed by atoms with E-state index in [2.05, 4.69) is 4.99 Å². The number of aliphatic imine (C=N–C) groups is 1. The van der Waals surface area contributed by atoms with Crippen molar-refractivity contribution in [2.75, 3.05) is 12.0 Å². The molecule has 2 heterocycles. The number of non-ortho nitro benzene ring substituents is 1. The third kappa shape index (κ3) is 3.86. The number of anilines is 1. The Kier molecular flexibility index (Phi) is 5.67. The number of rotatable bonds is 6. The summed E-state index contributed by atoms with van der Waals surface area (Å²) in [6.45, 7) is 0.0561. The number of carbonyl (C=O) groups is 1. The summed E-state index contributed by atoms with van der Waals surface area (Å²) >= 11 is 5.89. The lowest BCUT2D eigenvalue weighted by molar-refractivity contribution is -0.385. The first-order chi connectivity index (χ1) is 16.5. The number of halogens is 1. The molecule has 0 saturated heterocycles. The average molecular weight is 478 g/mol. The average Bonchev–Trinajstić information content (AvgIpc) is 3.17. The van der Waals surface area contributed by atoms with Crippen LogP contribution < -0.4 is 14.4 Å². The highest BCUT2D eigenvalue weighted by Gasteiger charge is 2.36. The van der Waals surface area contributed by atoms with Crippen LogP contribution in [0.3, 0.4) is 0 Å². The fourth-order valence-electron chi connectivity index (χ4n) is 4.36. The maximum absolute atomic E-state index is 13.5. The molecule has 2 aliphatic heterocycles. The van der Waals surface area contributed by atoms with Crippen LogP contribution in [0.2, 0.25) is 0 Å². The van der Waals surface area contributed by atoms with Crippen molar-refractivity contribution in [3.63, 3.8) is 0 Å². The van der Waals surface area contributed by atoms with Gasteiger partial charge in [0.1, 0.15) is 6.61 Å². The molecule has 1 amide bonds. The molecule has 0 N–H and O–H groups in total. The van der Waals surface area contributed by atoms with E-state index in [0.29, 0.717) is 40.3 Å². The standard InChI is InChI=1S/C25H20ClN3O5/c1-33-23-10-20-21(27-13-19-9-17-4-2-3-5-22(17)28(19)25(20)30)11-24(23)34-14-16-6-15(12-26)7-18(8-16)29(31)32/h2-8,10-11,13,19H,9,12,14H2,1H3. The van der Waals surface area contributed by atoms with E-state index in [-0.39, 0.29) is 30.1 Å². The first-order valence-electron chi connectivity index (χ1n) is 10.6. The fraction of sp³-hybridized carbons (Fsp3) is 0.200. The van der Waals surface area contributed by atoms with Crippen LogP contribution in [0.4, 0.5) is 17.1 Å². The molecule has 3 aromatic rings. The number of carbonyl (C=O) groups excluding carboxylic acids is 1. The van der Waals surface area contributed by atoms with E-state index in [9.17, 15) is 14.9 Å². The SMILES string of the molecule is COc1cc2c(cc1OCc1cc(CCl)cc([N+](=O)[O-])c1)N=CC1Cc3ccccc3N1C2=O. The van der Waals surface area contributed by atoms with Crippen LogP contribution in [0, 0.1) is 10.1 Å². The number of benzene rings is 3. The van der Waals surface area contributed by atoms with Gasteiger partial charge in [-0.2, -0.15) is 0 Å². The van der Waals surface area contributed by atoms with Crippen LogP contribution in [-0.4, -0.2) is 30.2 Å². The minimum Gasteiger partial charge on any atom is -0.493 e. The minimum absolute atomic E-state index is 0.0540. The number of ether oxygens (including phenoxy) is 2. The summed E-state index contributed by atoms with van der Waals surface area (Å²) in [5.74, 6) is 0.746. The molecule has 0 spiro atoms. The summed E-state index contributed by atoms with van der Waals surface area (Å²) in [4.78, 5) is 30.6. The number of amides is 1. The van der Waals surface area contributed by atoms with Crippen molar-refractivity contribution in [2.45, 2.75) is 24.9 Å². The molecule has 0 fully saturated rings. The molecule has 9 heteroatoms. The summed E-state index contributed by atoms with van der Waals surface area (Å²) < 4.78 is 11.5. The summed E-state index contributed by atoms with van der Waals surface area (Å²) in [5.41, 5.74) is 4.06. The summed E-state index contributed by atoms with van der Waals surface area (Å²) in [6, 6.07) is 15.6. The van der Waals surface area contributed by atoms with Gasteiger partial charge in [0, 0.05) is 42.4 Å². The zero-order valence-corrected chi connectivity index (χ0v) is 19.0. The number of para-hydroxylation sites is 1. The third-order valence-electron chi connectivity index (χ3n) is 5.93. The first-order valence-corrected chi connectivity index (χ1v) is 11.2. The van der Waals surface area contributed by atoms with Gasteiger partial charge in [-0.15, -0.1) is 11.6 Å². The van der Waals surface area contributed by atoms with E-state index in [1.54, 1.807) is 29.3 Å². The normalized spacial score (nSPS) is 15.9. The molecule has 0 bridgehead atoms. The van der Waals surface area contributed by atoms with Gasteiger partial charge < -0.3 is 9.47 Å². The number of alkyl halides is 1. The van der Waals surface area contributed by atoms with E-state index in [1.807, 2.05) is 24.3 Å². The van der Waals surface area contributed by atoms with Crippen LogP contribution in [-0.2, 0) is 18.9 Å². The molecule has 0 saturated carbocycles. The Morgan fingerprint density at radius 1 is 1.15 bits per heavy atom. The van der Waals surface area contributed by atoms with Crippen molar-refractivity contribution in [2.24, 2.45) is 4.99 Å². The molecule has 1 atom stereocenters. The van der Waals surface area contributed by atoms with E-state index >= 15 is 0 Å². The van der Waals surface area contributed by atoms with E-state index in [1.165, 1.54) is 19.2 Å². The minimum atomic E-state index is -0.465. The Morgan fingerprint density at radius 3 is 2.71 bits per heavy atom. The van der Waals surface area contributed by atoms with Crippen LogP contribution >= 0.6 is 11.6 Å². The molecule has 2 aliphatic rings. The number of hydrogen-bond acceptors (Lipinski definition) is 6. The Hall–Kier alpha value is -3.91. The van der Waals surface area contributed by atoms with Crippen LogP contribution in [0.5, 0.6) is 11.5 Å². The Balaban J connectivity index is 1.46. The second kappa shape index (κ2) is 8.79. The number of nitro benzene ring substituents is 1. The van der Waals surface area contributed by atoms with E-state index in [4.69, 9.17) is 21.1 Å². The summed E-state index contributed by atoms with van der Waals surface area (Å²) in [7, 11) is 1.49. The topological polar surface area (TPSA) is 94.3 Å². The predicted molar refractivity (Wildman–Crippen MR) is 129 cm³/mol. The quantitative estimate of drug-likeness (QED) is 0.276. The fourth-order valence-corrected chi connectivity index (χ4v) is 4.51. The van der Waals surface area contributed by atoms with Gasteiger partial charge in [0.15, 0.2) is 11.5 Å². The number of nitro groups is 1. The molecule has 5 rings (SSSR count). The van der Waals surface area contributed by atoms with Crippen molar-refractivity contribution in [1.82, 2.24) is 0 Å². The van der Waals surface area contributed by atoms with Crippen molar-refractivity contribution in [3.05, 3.63) is 87.0 Å². The van der Waals surface area contributed by atoms with Crippen LogP contribution in [0.1, 0.15) is 27.0 Å². The van der Waals surface area contributed by atoms with Crippen LogP contribution in [0.25, 0.3) is 0 Å². The third-order valence-corrected chi connectivity index (χ3v) is 6.23. The molecule has 0 radical (unpaired) electrons. The highest BCUT2D eigenvalue weighted by atomic mass is 35.5. The maximum Gasteiger partial charge on any atom is 0.270 e. The second-order valence-corrected chi connectivity index (χ2v) is 8.33. The van der Waals surface area contributed by atoms with Gasteiger partial charge in [0.2, 0.25) is 0 Å². The van der Waals surface area contributed by atoms with E-state index < -0.39 is 4.92 Å². The van der Waals surface area contributed by atoms with Gasteiger partial charge in [-0.3, -0.25) is 24.8 Å². The molecule has 172 valence electrons. The molecular weight excluding hydrogens is 458 g/mol. The molecule has 0 aromatic heterocycles. The van der Waals surface area contributed by atoms with Gasteiger partial charge in [-0.05, 0) is 28.8 Å². The van der Waals surface area contributed by atoms with Crippen molar-refractivity contribution in [1.29, 1.82) is 0 Å². The molecule has 8 nitrogen and oxygen atoms in total. The van der Waals surface area contributed by atoms with Gasteiger partial charge in [-0.1, -0.05) is 24.3 Å². The Bertz CT molecular complexity index is 1340. The zero-order chi connectivity index (χ0) is 23.8. The predicted octanol–water partition coefficient (Wildman–Crippen LogP) is 5.21. The van der Waals surface area contributed by atoms with Gasteiger partial charge in [0.25, 0.3) is 11.6 Å². The monoisotopic (exact) mass is 477 g/mol. The maximum atomic E-state index is 13.5. The second-order valence-electron chi connectivity index (χ2n) is 8.06. The number of fused-ring (bicyclic) bond motifs is 4. The van der Waals surface area contributed by atoms with Crippen LogP contribution in [0.15, 0.2) is 59.6 Å². The van der Waals surface area contributed by atoms with E-state index in [0.717, 1.165) is 11.3 Å². The summed E-state index contributed by atoms with van der Waals surface area (Å²) in [6.07, 6.45) is 2.49. The van der Waals surface area contributed by atoms with Crippen molar-refractivity contribution in [3.8, 4) is 11.5 Å². The van der Waals surface area contributed by atoms with Gasteiger partial charge in [0.05, 0.1) is 29.3 Å². The molecular formula is C25H20ClN3O5. The molecule has 34 heavy (non-hydrogen) atoms. The first kappa shape index (κ1) is 21.9. The Morgan fingerprint density at radius 2 is 1.94 bits per heavy atom. The summed E-state index contributed by atoms with van der Waals surface area (Å²) in [5, 5.41) is 11.2. The highest BCUT2D eigenvalue weighted by Crippen LogP contribution is 2.41. The lowest BCUT2D eigenvalue weighted by atomic mass is 10.1. The Labute approximate surface area is 200 Å². The van der Waals surface area contributed by atoms with Crippen molar-refractivity contribution >= 4 is 40.8 Å². The lowest BCUT2D eigenvalue weighted by Crippen LogP contribution is -2.37. The van der Waals surface area contributed by atoms with Gasteiger partial charge in [-0.25, -0.2) is 0 Å². The molecule has 0 aliphatic carbocycles. The van der Waals surface area contributed by atoms with Crippen molar-refractivity contribution < 1.29 is 19.2 Å². The molecule has 1 unspecified atom stereocenters. The number of nitrogens with zero attached hydrogens (tertiary/aromatic N) is 3. The largest absolute Gasteiger partial charge is 0.493 e. The van der Waals surface area contributed by atoms with Gasteiger partial charge >= 0.3 is 0 Å². The highest BCUT2D eigenvalue weighted by molar-refractivity contribution is 6.17. The lowest BCUT2D eigenvalue weighted by Gasteiger charge is -2.22. The smallest absolute Gasteiger partial charge is 0.270 e.